The number of nitrogens with one attached hydrogen (secondary N) is 1. The third-order valence-corrected chi connectivity index (χ3v) is 4.02. The van der Waals surface area contributed by atoms with E-state index in [0.29, 0.717) is 18.0 Å². The molecular formula is C15H27N3O2. The quantitative estimate of drug-likeness (QED) is 0.832. The van der Waals surface area contributed by atoms with Gasteiger partial charge in [0.2, 0.25) is 0 Å². The van der Waals surface area contributed by atoms with Gasteiger partial charge in [-0.15, -0.1) is 0 Å². The van der Waals surface area contributed by atoms with Crippen LogP contribution in [0.25, 0.3) is 0 Å². The molecule has 1 aromatic heterocycles. The van der Waals surface area contributed by atoms with Gasteiger partial charge in [0.1, 0.15) is 6.10 Å². The predicted molar refractivity (Wildman–Crippen MR) is 77.5 cm³/mol. The summed E-state index contributed by atoms with van der Waals surface area (Å²) in [5.74, 6) is 1.39. The van der Waals surface area contributed by atoms with Crippen molar-refractivity contribution in [1.29, 1.82) is 0 Å². The summed E-state index contributed by atoms with van der Waals surface area (Å²) in [5.41, 5.74) is 0. The molecule has 0 bridgehead atoms. The lowest BCUT2D eigenvalue weighted by atomic mass is 9.97. The van der Waals surface area contributed by atoms with Crippen LogP contribution in [-0.4, -0.2) is 29.3 Å². The number of ether oxygens (including phenoxy) is 1. The van der Waals surface area contributed by atoms with E-state index in [0.717, 1.165) is 31.5 Å². The standard InChI is InChI=1S/C15H27N3O2/c1-4-13(19-12-8-6-5-7-9-12)15-17-14(18-20-15)10-11(2)16-3/h11-13,16H,4-10H2,1-3H3. The first-order valence-electron chi connectivity index (χ1n) is 7.88. The Balaban J connectivity index is 1.93. The van der Waals surface area contributed by atoms with Crippen molar-refractivity contribution >= 4 is 0 Å². The molecule has 2 rings (SSSR count). The molecule has 5 heteroatoms. The molecule has 0 amide bonds. The van der Waals surface area contributed by atoms with Crippen LogP contribution in [0, 0.1) is 0 Å². The second-order valence-electron chi connectivity index (χ2n) is 5.74. The summed E-state index contributed by atoms with van der Waals surface area (Å²) in [7, 11) is 1.94. The lowest BCUT2D eigenvalue weighted by Crippen LogP contribution is -2.24. The highest BCUT2D eigenvalue weighted by Crippen LogP contribution is 2.28. The summed E-state index contributed by atoms with van der Waals surface area (Å²) in [6.45, 7) is 4.21. The highest BCUT2D eigenvalue weighted by molar-refractivity contribution is 4.92. The molecule has 114 valence electrons. The minimum absolute atomic E-state index is 0.0516. The van der Waals surface area contributed by atoms with E-state index in [1.807, 2.05) is 7.05 Å². The average molecular weight is 281 g/mol. The first kappa shape index (κ1) is 15.4. The fourth-order valence-corrected chi connectivity index (χ4v) is 2.62. The third kappa shape index (κ3) is 4.28. The lowest BCUT2D eigenvalue weighted by molar-refractivity contribution is -0.0468. The van der Waals surface area contributed by atoms with Crippen molar-refractivity contribution in [3.8, 4) is 0 Å². The van der Waals surface area contributed by atoms with Gasteiger partial charge in [0.15, 0.2) is 5.82 Å². The first-order valence-corrected chi connectivity index (χ1v) is 7.88. The number of nitrogens with zero attached hydrogens (tertiary/aromatic N) is 2. The summed E-state index contributed by atoms with van der Waals surface area (Å²) < 4.78 is 11.6. The SMILES string of the molecule is CCC(OC1CCCCC1)c1nc(CC(C)NC)no1. The maximum absolute atomic E-state index is 6.16. The number of aromatic nitrogens is 2. The molecule has 1 aromatic rings. The molecule has 1 aliphatic rings. The highest BCUT2D eigenvalue weighted by atomic mass is 16.5. The molecule has 0 aromatic carbocycles. The molecule has 0 spiro atoms. The van der Waals surface area contributed by atoms with Crippen LogP contribution in [0.2, 0.25) is 0 Å². The maximum atomic E-state index is 6.16. The molecule has 1 aliphatic carbocycles. The zero-order valence-corrected chi connectivity index (χ0v) is 12.9. The van der Waals surface area contributed by atoms with Crippen molar-refractivity contribution in [2.75, 3.05) is 7.05 Å². The minimum Gasteiger partial charge on any atom is -0.365 e. The van der Waals surface area contributed by atoms with Gasteiger partial charge in [-0.25, -0.2) is 0 Å². The fourth-order valence-electron chi connectivity index (χ4n) is 2.62. The number of hydrogen-bond acceptors (Lipinski definition) is 5. The number of rotatable bonds is 7. The van der Waals surface area contributed by atoms with Crippen LogP contribution in [0.4, 0.5) is 0 Å². The van der Waals surface area contributed by atoms with E-state index in [9.17, 15) is 0 Å². The summed E-state index contributed by atoms with van der Waals surface area (Å²) in [4.78, 5) is 4.49. The zero-order valence-electron chi connectivity index (χ0n) is 12.9. The normalized spacial score (nSPS) is 19.9. The van der Waals surface area contributed by atoms with E-state index in [2.05, 4.69) is 29.3 Å². The average Bonchev–Trinajstić information content (AvgIpc) is 2.94. The van der Waals surface area contributed by atoms with Gasteiger partial charge in [0.05, 0.1) is 6.10 Å². The minimum atomic E-state index is -0.0516. The molecule has 0 saturated heterocycles. The van der Waals surface area contributed by atoms with Crippen LogP contribution in [0.5, 0.6) is 0 Å². The highest BCUT2D eigenvalue weighted by Gasteiger charge is 2.23. The van der Waals surface area contributed by atoms with Crippen molar-refractivity contribution in [3.63, 3.8) is 0 Å². The molecule has 1 saturated carbocycles. The smallest absolute Gasteiger partial charge is 0.255 e. The van der Waals surface area contributed by atoms with Gasteiger partial charge in [-0.2, -0.15) is 4.98 Å². The van der Waals surface area contributed by atoms with Crippen molar-refractivity contribution < 1.29 is 9.26 Å². The Hall–Kier alpha value is -0.940. The maximum Gasteiger partial charge on any atom is 0.255 e. The van der Waals surface area contributed by atoms with Crippen LogP contribution in [-0.2, 0) is 11.2 Å². The Morgan fingerprint density at radius 3 is 2.75 bits per heavy atom. The second-order valence-corrected chi connectivity index (χ2v) is 5.74. The van der Waals surface area contributed by atoms with Crippen molar-refractivity contribution in [2.24, 2.45) is 0 Å². The molecule has 1 fully saturated rings. The van der Waals surface area contributed by atoms with Gasteiger partial charge in [-0.05, 0) is 33.2 Å². The molecule has 0 aliphatic heterocycles. The fraction of sp³-hybridized carbons (Fsp3) is 0.867. The lowest BCUT2D eigenvalue weighted by Gasteiger charge is -2.25. The van der Waals surface area contributed by atoms with Crippen LogP contribution in [0.1, 0.15) is 70.2 Å². The summed E-state index contributed by atoms with van der Waals surface area (Å²) in [6.07, 6.45) is 8.17. The summed E-state index contributed by atoms with van der Waals surface area (Å²) in [5, 5.41) is 7.24. The summed E-state index contributed by atoms with van der Waals surface area (Å²) >= 11 is 0. The predicted octanol–water partition coefficient (Wildman–Crippen LogP) is 3.02. The van der Waals surface area contributed by atoms with Gasteiger partial charge in [-0.3, -0.25) is 0 Å². The monoisotopic (exact) mass is 281 g/mol. The van der Waals surface area contributed by atoms with E-state index >= 15 is 0 Å². The van der Waals surface area contributed by atoms with Crippen molar-refractivity contribution in [1.82, 2.24) is 15.5 Å². The Kier molecular flexibility index (Phi) is 5.98. The van der Waals surface area contributed by atoms with Gasteiger partial charge >= 0.3 is 0 Å². The van der Waals surface area contributed by atoms with Crippen LogP contribution in [0.15, 0.2) is 4.52 Å². The first-order chi connectivity index (χ1) is 9.72. The third-order valence-electron chi connectivity index (χ3n) is 4.02. The van der Waals surface area contributed by atoms with Gasteiger partial charge in [0.25, 0.3) is 5.89 Å². The molecule has 1 N–H and O–H groups in total. The molecule has 2 unspecified atom stereocenters. The molecule has 2 atom stereocenters. The van der Waals surface area contributed by atoms with Gasteiger partial charge < -0.3 is 14.6 Å². The number of hydrogen-bond donors (Lipinski definition) is 1. The van der Waals surface area contributed by atoms with Crippen molar-refractivity contribution in [2.45, 2.75) is 77.0 Å². The van der Waals surface area contributed by atoms with Crippen LogP contribution in [0.3, 0.4) is 0 Å². The molecule has 0 radical (unpaired) electrons. The molecule has 20 heavy (non-hydrogen) atoms. The zero-order chi connectivity index (χ0) is 14.4. The van der Waals surface area contributed by atoms with E-state index in [1.54, 1.807) is 0 Å². The largest absolute Gasteiger partial charge is 0.365 e. The topological polar surface area (TPSA) is 60.2 Å². The molecule has 5 nitrogen and oxygen atoms in total. The summed E-state index contributed by atoms with van der Waals surface area (Å²) in [6, 6.07) is 0.347. The Bertz CT molecular complexity index is 388. The Morgan fingerprint density at radius 2 is 2.10 bits per heavy atom. The number of likely N-dealkylation sites (N-methyl/N-ethyl adjacent to an activating group) is 1. The van der Waals surface area contributed by atoms with Crippen LogP contribution < -0.4 is 5.32 Å². The molecular weight excluding hydrogens is 254 g/mol. The Morgan fingerprint density at radius 1 is 1.35 bits per heavy atom. The Labute approximate surface area is 121 Å². The van der Waals surface area contributed by atoms with E-state index in [1.165, 1.54) is 19.3 Å². The van der Waals surface area contributed by atoms with E-state index in [4.69, 9.17) is 9.26 Å². The van der Waals surface area contributed by atoms with Gasteiger partial charge in [0, 0.05) is 12.5 Å². The van der Waals surface area contributed by atoms with Gasteiger partial charge in [-0.1, -0.05) is 31.3 Å². The van der Waals surface area contributed by atoms with Crippen molar-refractivity contribution in [3.05, 3.63) is 11.7 Å². The second kappa shape index (κ2) is 7.74. The van der Waals surface area contributed by atoms with E-state index in [-0.39, 0.29) is 6.10 Å². The van der Waals surface area contributed by atoms with Crippen LogP contribution >= 0.6 is 0 Å². The molecule has 1 heterocycles. The van der Waals surface area contributed by atoms with E-state index < -0.39 is 0 Å².